The van der Waals surface area contributed by atoms with Crippen molar-refractivity contribution in [3.63, 3.8) is 0 Å². The summed E-state index contributed by atoms with van der Waals surface area (Å²) in [5.74, 6) is -1.38. The molecule has 1 heterocycles. The molecule has 1 aliphatic carbocycles. The van der Waals surface area contributed by atoms with Crippen molar-refractivity contribution < 1.29 is 19.4 Å². The van der Waals surface area contributed by atoms with E-state index in [4.69, 9.17) is 16.3 Å². The van der Waals surface area contributed by atoms with Gasteiger partial charge >= 0.3 is 5.97 Å². The predicted octanol–water partition coefficient (Wildman–Crippen LogP) is 3.79. The topological polar surface area (TPSA) is 75.6 Å². The maximum atomic E-state index is 13.2. The number of ketones is 1. The number of Topliss-reactive ketones (excluding diaryl/α,β-unsaturated/α-hetero) is 1. The number of fused-ring (bicyclic) bond motifs is 2. The lowest BCUT2D eigenvalue weighted by molar-refractivity contribution is -0.136. The maximum Gasteiger partial charge on any atom is 0.336 e. The van der Waals surface area contributed by atoms with Crippen molar-refractivity contribution in [2.75, 3.05) is 7.11 Å². The van der Waals surface area contributed by atoms with E-state index in [-0.39, 0.29) is 16.6 Å². The van der Waals surface area contributed by atoms with Crippen LogP contribution in [-0.2, 0) is 9.53 Å². The van der Waals surface area contributed by atoms with Crippen molar-refractivity contribution in [3.05, 3.63) is 81.0 Å². The lowest BCUT2D eigenvalue weighted by Crippen LogP contribution is -2.29. The molecule has 2 aromatic rings. The van der Waals surface area contributed by atoms with E-state index in [0.29, 0.717) is 33.7 Å². The summed E-state index contributed by atoms with van der Waals surface area (Å²) in [6, 6.07) is 12.0. The summed E-state index contributed by atoms with van der Waals surface area (Å²) in [5.41, 5.74) is 4.14. The standard InChI is InChI=1S/C21H16ClNO4/c1-10-16(21(26)27-2)17(11-7-8-15(24)14(22)9-11)18-19(23-10)12-5-3-4-6-13(12)20(18)25/h3-9,17,23-24H,1-2H3. The molecule has 2 aliphatic rings. The summed E-state index contributed by atoms with van der Waals surface area (Å²) in [6.07, 6.45) is 0. The number of aromatic hydroxyl groups is 1. The van der Waals surface area contributed by atoms with E-state index >= 15 is 0 Å². The Morgan fingerprint density at radius 1 is 1.19 bits per heavy atom. The Morgan fingerprint density at radius 3 is 2.56 bits per heavy atom. The average Bonchev–Trinajstić information content (AvgIpc) is 2.95. The molecule has 0 saturated heterocycles. The molecule has 1 aliphatic heterocycles. The summed E-state index contributed by atoms with van der Waals surface area (Å²) in [6.45, 7) is 1.77. The van der Waals surface area contributed by atoms with Crippen LogP contribution in [0.25, 0.3) is 5.70 Å². The lowest BCUT2D eigenvalue weighted by Gasteiger charge is -2.29. The lowest BCUT2D eigenvalue weighted by atomic mass is 9.80. The number of halogens is 1. The first-order valence-electron chi connectivity index (χ1n) is 8.36. The summed E-state index contributed by atoms with van der Waals surface area (Å²) in [7, 11) is 1.30. The van der Waals surface area contributed by atoms with Gasteiger partial charge in [0.15, 0.2) is 5.78 Å². The van der Waals surface area contributed by atoms with Crippen LogP contribution in [0.15, 0.2) is 59.3 Å². The molecule has 1 unspecified atom stereocenters. The molecule has 0 bridgehead atoms. The van der Waals surface area contributed by atoms with Gasteiger partial charge in [0.25, 0.3) is 0 Å². The van der Waals surface area contributed by atoms with Crippen molar-refractivity contribution in [3.8, 4) is 5.75 Å². The largest absolute Gasteiger partial charge is 0.506 e. The van der Waals surface area contributed by atoms with Gasteiger partial charge < -0.3 is 15.2 Å². The van der Waals surface area contributed by atoms with Gasteiger partial charge in [-0.25, -0.2) is 4.79 Å². The number of phenols is 1. The third-order valence-electron chi connectivity index (χ3n) is 4.96. The molecule has 1 atom stereocenters. The molecule has 0 saturated carbocycles. The van der Waals surface area contributed by atoms with Crippen molar-refractivity contribution in [2.24, 2.45) is 0 Å². The summed E-state index contributed by atoms with van der Waals surface area (Å²) in [4.78, 5) is 25.7. The normalized spacial score (nSPS) is 18.2. The van der Waals surface area contributed by atoms with Gasteiger partial charge in [-0.15, -0.1) is 0 Å². The molecule has 27 heavy (non-hydrogen) atoms. The molecule has 136 valence electrons. The van der Waals surface area contributed by atoms with Crippen LogP contribution in [0.3, 0.4) is 0 Å². The molecule has 0 radical (unpaired) electrons. The van der Waals surface area contributed by atoms with Gasteiger partial charge in [0, 0.05) is 28.3 Å². The van der Waals surface area contributed by atoms with Gasteiger partial charge in [-0.2, -0.15) is 0 Å². The van der Waals surface area contributed by atoms with E-state index in [9.17, 15) is 14.7 Å². The number of carbonyl (C=O) groups excluding carboxylic acids is 2. The number of esters is 1. The number of dihydropyridines is 1. The van der Waals surface area contributed by atoms with Crippen LogP contribution in [-0.4, -0.2) is 24.0 Å². The zero-order valence-electron chi connectivity index (χ0n) is 14.7. The third kappa shape index (κ3) is 2.54. The fraction of sp³-hybridized carbons (Fsp3) is 0.143. The van der Waals surface area contributed by atoms with Crippen LogP contribution in [0.4, 0.5) is 0 Å². The number of methoxy groups -OCH3 is 1. The number of carbonyl (C=O) groups is 2. The van der Waals surface area contributed by atoms with E-state index in [2.05, 4.69) is 5.32 Å². The number of hydrogen-bond donors (Lipinski definition) is 2. The van der Waals surface area contributed by atoms with Crippen LogP contribution >= 0.6 is 11.6 Å². The van der Waals surface area contributed by atoms with Crippen LogP contribution in [0.5, 0.6) is 5.75 Å². The van der Waals surface area contributed by atoms with E-state index in [0.717, 1.165) is 5.56 Å². The number of nitrogens with one attached hydrogen (secondary N) is 1. The van der Waals surface area contributed by atoms with E-state index in [1.165, 1.54) is 13.2 Å². The summed E-state index contributed by atoms with van der Waals surface area (Å²) < 4.78 is 4.97. The number of ether oxygens (including phenoxy) is 1. The average molecular weight is 382 g/mol. The highest BCUT2D eigenvalue weighted by Gasteiger charge is 2.42. The number of rotatable bonds is 2. The number of phenolic OH excluding ortho intramolecular Hbond substituents is 1. The van der Waals surface area contributed by atoms with Gasteiger partial charge in [-0.05, 0) is 24.6 Å². The highest BCUT2D eigenvalue weighted by molar-refractivity contribution is 6.32. The van der Waals surface area contributed by atoms with Crippen molar-refractivity contribution >= 4 is 29.1 Å². The summed E-state index contributed by atoms with van der Waals surface area (Å²) >= 11 is 6.10. The first kappa shape index (κ1) is 17.4. The Bertz CT molecular complexity index is 1070. The first-order chi connectivity index (χ1) is 12.9. The minimum atomic E-state index is -0.647. The zero-order valence-corrected chi connectivity index (χ0v) is 15.4. The molecule has 4 rings (SSSR count). The molecule has 2 N–H and O–H groups in total. The maximum absolute atomic E-state index is 13.2. The van der Waals surface area contributed by atoms with Crippen molar-refractivity contribution in [2.45, 2.75) is 12.8 Å². The smallest absolute Gasteiger partial charge is 0.336 e. The Morgan fingerprint density at radius 2 is 1.89 bits per heavy atom. The van der Waals surface area contributed by atoms with Crippen LogP contribution in [0.1, 0.15) is 34.3 Å². The zero-order chi connectivity index (χ0) is 19.3. The Hall–Kier alpha value is -3.05. The fourth-order valence-corrected chi connectivity index (χ4v) is 3.93. The molecule has 6 heteroatoms. The molecule has 5 nitrogen and oxygen atoms in total. The number of benzene rings is 2. The second-order valence-corrected chi connectivity index (χ2v) is 6.87. The molecular formula is C21H16ClNO4. The van der Waals surface area contributed by atoms with Crippen LogP contribution < -0.4 is 5.32 Å². The number of allylic oxidation sites excluding steroid dienone is 2. The van der Waals surface area contributed by atoms with Crippen molar-refractivity contribution in [1.29, 1.82) is 0 Å². The Labute approximate surface area is 160 Å². The van der Waals surface area contributed by atoms with Crippen molar-refractivity contribution in [1.82, 2.24) is 5.32 Å². The van der Waals surface area contributed by atoms with Gasteiger partial charge in [0.1, 0.15) is 5.75 Å². The van der Waals surface area contributed by atoms with Crippen LogP contribution in [0.2, 0.25) is 5.02 Å². The minimum absolute atomic E-state index is 0.0649. The van der Waals surface area contributed by atoms with Gasteiger partial charge in [0.2, 0.25) is 0 Å². The quantitative estimate of drug-likeness (QED) is 0.774. The second kappa shape index (κ2) is 6.28. The molecule has 0 spiro atoms. The number of hydrogen-bond acceptors (Lipinski definition) is 5. The Kier molecular flexibility index (Phi) is 4.04. The summed E-state index contributed by atoms with van der Waals surface area (Å²) in [5, 5.41) is 13.1. The fourth-order valence-electron chi connectivity index (χ4n) is 3.75. The van der Waals surface area contributed by atoms with Gasteiger partial charge in [-0.3, -0.25) is 4.79 Å². The van der Waals surface area contributed by atoms with E-state index in [1.807, 2.05) is 18.2 Å². The van der Waals surface area contributed by atoms with Gasteiger partial charge in [-0.1, -0.05) is 41.9 Å². The predicted molar refractivity (Wildman–Crippen MR) is 101 cm³/mol. The monoisotopic (exact) mass is 381 g/mol. The van der Waals surface area contributed by atoms with E-state index < -0.39 is 11.9 Å². The highest BCUT2D eigenvalue weighted by Crippen LogP contribution is 2.47. The van der Waals surface area contributed by atoms with Gasteiger partial charge in [0.05, 0.1) is 23.4 Å². The highest BCUT2D eigenvalue weighted by atomic mass is 35.5. The molecule has 2 aromatic carbocycles. The third-order valence-corrected chi connectivity index (χ3v) is 5.26. The molecule has 0 fully saturated rings. The van der Waals surface area contributed by atoms with E-state index in [1.54, 1.807) is 25.1 Å². The van der Waals surface area contributed by atoms with Crippen LogP contribution in [0, 0.1) is 0 Å². The minimum Gasteiger partial charge on any atom is -0.506 e. The molecule has 0 amide bonds. The SMILES string of the molecule is COC(=O)C1=C(C)NC2=C(C(=O)c3ccccc32)C1c1ccc(O)c(Cl)c1. The molecular weight excluding hydrogens is 366 g/mol. The Balaban J connectivity index is 1.97. The molecule has 0 aromatic heterocycles. The first-order valence-corrected chi connectivity index (χ1v) is 8.74. The second-order valence-electron chi connectivity index (χ2n) is 6.46.